The number of ether oxygens (including phenoxy) is 1. The standard InChI is InChI=1S/C38H60N4O4.HI/c1-6-10-12-14-16-18-26-39-37(44)32-22-25-35(46-29-19-17-15-13-11-7-2)34(30-32)38(45)41-33-23-20-31(21-24-33)36(43)40-27-28-42(5,8-3)9-4;/h20-25,30H,6-19,26-29H2,1-5H3,(H2-,39,40,41,43,44,45);1H. The van der Waals surface area contributed by atoms with E-state index >= 15 is 0 Å². The van der Waals surface area contributed by atoms with Crippen molar-refractivity contribution in [2.45, 2.75) is 105 Å². The van der Waals surface area contributed by atoms with Crippen LogP contribution in [0.25, 0.3) is 0 Å². The molecule has 0 atom stereocenters. The molecule has 0 radical (unpaired) electrons. The molecule has 2 aromatic rings. The number of unbranched alkanes of at least 4 members (excludes halogenated alkanes) is 10. The highest BCUT2D eigenvalue weighted by atomic mass is 127. The van der Waals surface area contributed by atoms with Gasteiger partial charge in [0.2, 0.25) is 0 Å². The molecule has 3 amide bonds. The van der Waals surface area contributed by atoms with Crippen molar-refractivity contribution in [1.82, 2.24) is 10.6 Å². The molecule has 0 unspecified atom stereocenters. The minimum Gasteiger partial charge on any atom is -1.00 e. The molecule has 0 aliphatic rings. The maximum absolute atomic E-state index is 13.5. The Labute approximate surface area is 301 Å². The summed E-state index contributed by atoms with van der Waals surface area (Å²) in [5, 5.41) is 8.93. The Morgan fingerprint density at radius 2 is 1.17 bits per heavy atom. The second-order valence-electron chi connectivity index (χ2n) is 12.6. The lowest BCUT2D eigenvalue weighted by molar-refractivity contribution is -0.904. The molecule has 0 heterocycles. The Morgan fingerprint density at radius 1 is 0.638 bits per heavy atom. The van der Waals surface area contributed by atoms with E-state index in [0.29, 0.717) is 47.8 Å². The quantitative estimate of drug-likeness (QED) is 0.0799. The van der Waals surface area contributed by atoms with Crippen molar-refractivity contribution in [3.8, 4) is 5.75 Å². The molecule has 0 aliphatic heterocycles. The normalized spacial score (nSPS) is 11.0. The summed E-state index contributed by atoms with van der Waals surface area (Å²) in [4.78, 5) is 39.2. The molecule has 0 aromatic heterocycles. The van der Waals surface area contributed by atoms with Gasteiger partial charge in [-0.3, -0.25) is 14.4 Å². The largest absolute Gasteiger partial charge is 1.00 e. The first-order valence-electron chi connectivity index (χ1n) is 17.8. The molecule has 0 saturated carbocycles. The van der Waals surface area contributed by atoms with Crippen molar-refractivity contribution in [3.63, 3.8) is 0 Å². The van der Waals surface area contributed by atoms with E-state index in [2.05, 4.69) is 50.7 Å². The van der Waals surface area contributed by atoms with Crippen LogP contribution in [0, 0.1) is 0 Å². The number of amides is 3. The smallest absolute Gasteiger partial charge is 0.259 e. The third-order valence-corrected chi connectivity index (χ3v) is 8.93. The van der Waals surface area contributed by atoms with Crippen LogP contribution in [0.5, 0.6) is 5.75 Å². The third-order valence-electron chi connectivity index (χ3n) is 8.93. The van der Waals surface area contributed by atoms with Gasteiger partial charge in [-0.15, -0.1) is 0 Å². The van der Waals surface area contributed by atoms with Crippen molar-refractivity contribution in [3.05, 3.63) is 59.2 Å². The van der Waals surface area contributed by atoms with E-state index in [-0.39, 0.29) is 41.7 Å². The van der Waals surface area contributed by atoms with Crippen LogP contribution in [-0.4, -0.2) is 68.6 Å². The summed E-state index contributed by atoms with van der Waals surface area (Å²) >= 11 is 0. The third kappa shape index (κ3) is 16.3. The molecule has 3 N–H and O–H groups in total. The lowest BCUT2D eigenvalue weighted by atomic mass is 10.1. The van der Waals surface area contributed by atoms with Crippen LogP contribution in [0.2, 0.25) is 0 Å². The maximum Gasteiger partial charge on any atom is 0.259 e. The van der Waals surface area contributed by atoms with Gasteiger partial charge in [0.25, 0.3) is 17.7 Å². The summed E-state index contributed by atoms with van der Waals surface area (Å²) in [6.45, 7) is 13.3. The molecule has 0 saturated heterocycles. The molecule has 0 spiro atoms. The number of rotatable bonds is 24. The number of hydrogen-bond acceptors (Lipinski definition) is 4. The molecule has 8 nitrogen and oxygen atoms in total. The van der Waals surface area contributed by atoms with Gasteiger partial charge in [0.15, 0.2) is 0 Å². The Morgan fingerprint density at radius 3 is 1.79 bits per heavy atom. The summed E-state index contributed by atoms with van der Waals surface area (Å²) < 4.78 is 6.96. The fourth-order valence-electron chi connectivity index (χ4n) is 5.23. The molecule has 2 rings (SSSR count). The minimum atomic E-state index is -0.364. The molecular formula is C38H61IN4O4. The van der Waals surface area contributed by atoms with Crippen molar-refractivity contribution < 1.29 is 47.6 Å². The van der Waals surface area contributed by atoms with Crippen LogP contribution in [-0.2, 0) is 0 Å². The van der Waals surface area contributed by atoms with Gasteiger partial charge in [-0.25, -0.2) is 0 Å². The Hall–Kier alpha value is -2.66. The lowest BCUT2D eigenvalue weighted by Crippen LogP contribution is -3.00. The Balaban J connectivity index is 0.0000110. The van der Waals surface area contributed by atoms with Crippen LogP contribution >= 0.6 is 0 Å². The number of likely N-dealkylation sites (N-methyl/N-ethyl adjacent to an activating group) is 1. The molecule has 0 bridgehead atoms. The number of halogens is 1. The van der Waals surface area contributed by atoms with Crippen molar-refractivity contribution >= 4 is 23.4 Å². The average molecular weight is 765 g/mol. The second kappa shape index (κ2) is 24.5. The van der Waals surface area contributed by atoms with E-state index in [1.165, 1.54) is 51.4 Å². The molecule has 47 heavy (non-hydrogen) atoms. The Bertz CT molecular complexity index is 1180. The summed E-state index contributed by atoms with van der Waals surface area (Å²) in [7, 11) is 2.19. The van der Waals surface area contributed by atoms with E-state index in [1.807, 2.05) is 0 Å². The zero-order chi connectivity index (χ0) is 33.6. The van der Waals surface area contributed by atoms with E-state index < -0.39 is 0 Å². The molecule has 9 heteroatoms. The van der Waals surface area contributed by atoms with Gasteiger partial charge in [0, 0.05) is 23.4 Å². The van der Waals surface area contributed by atoms with E-state index in [9.17, 15) is 14.4 Å². The zero-order valence-corrected chi connectivity index (χ0v) is 31.9. The van der Waals surface area contributed by atoms with E-state index in [4.69, 9.17) is 4.74 Å². The number of nitrogens with zero attached hydrogens (tertiary/aromatic N) is 1. The van der Waals surface area contributed by atoms with Gasteiger partial charge in [-0.1, -0.05) is 78.1 Å². The van der Waals surface area contributed by atoms with Crippen LogP contribution < -0.4 is 44.7 Å². The molecule has 0 fully saturated rings. The molecule has 264 valence electrons. The number of quaternary nitrogens is 1. The first-order chi connectivity index (χ1) is 22.3. The number of carbonyl (C=O) groups excluding carboxylic acids is 3. The van der Waals surface area contributed by atoms with Crippen molar-refractivity contribution in [2.75, 3.05) is 51.7 Å². The number of carbonyl (C=O) groups is 3. The number of nitrogens with one attached hydrogen (secondary N) is 3. The highest BCUT2D eigenvalue weighted by Gasteiger charge is 2.18. The van der Waals surface area contributed by atoms with Gasteiger partial charge in [0.1, 0.15) is 5.75 Å². The highest BCUT2D eigenvalue weighted by Crippen LogP contribution is 2.23. The minimum absolute atomic E-state index is 0. The zero-order valence-electron chi connectivity index (χ0n) is 29.7. The van der Waals surface area contributed by atoms with Crippen LogP contribution in [0.15, 0.2) is 42.5 Å². The first kappa shape index (κ1) is 42.4. The molecule has 2 aromatic carbocycles. The predicted molar refractivity (Wildman–Crippen MR) is 190 cm³/mol. The Kier molecular flexibility index (Phi) is 22.1. The number of benzene rings is 2. The predicted octanol–water partition coefficient (Wildman–Crippen LogP) is 4.99. The highest BCUT2D eigenvalue weighted by molar-refractivity contribution is 6.08. The van der Waals surface area contributed by atoms with Crippen molar-refractivity contribution in [1.29, 1.82) is 0 Å². The summed E-state index contributed by atoms with van der Waals surface area (Å²) in [5.41, 5.74) is 1.83. The van der Waals surface area contributed by atoms with Gasteiger partial charge >= 0.3 is 0 Å². The second-order valence-corrected chi connectivity index (χ2v) is 12.6. The monoisotopic (exact) mass is 764 g/mol. The fraction of sp³-hybridized carbons (Fsp3) is 0.605. The van der Waals surface area contributed by atoms with Crippen LogP contribution in [0.4, 0.5) is 5.69 Å². The molecule has 0 aliphatic carbocycles. The van der Waals surface area contributed by atoms with Crippen LogP contribution in [0.1, 0.15) is 136 Å². The van der Waals surface area contributed by atoms with Gasteiger partial charge in [-0.2, -0.15) is 0 Å². The summed E-state index contributed by atoms with van der Waals surface area (Å²) in [6, 6.07) is 11.9. The van der Waals surface area contributed by atoms with Gasteiger partial charge in [-0.05, 0) is 69.2 Å². The van der Waals surface area contributed by atoms with Gasteiger partial charge < -0.3 is 49.1 Å². The summed E-state index contributed by atoms with van der Waals surface area (Å²) in [6.07, 6.45) is 13.7. The fourth-order valence-corrected chi connectivity index (χ4v) is 5.23. The maximum atomic E-state index is 13.5. The topological polar surface area (TPSA) is 96.5 Å². The van der Waals surface area contributed by atoms with E-state index in [1.54, 1.807) is 42.5 Å². The number of anilines is 1. The first-order valence-corrected chi connectivity index (χ1v) is 17.8. The van der Waals surface area contributed by atoms with Crippen molar-refractivity contribution in [2.24, 2.45) is 0 Å². The summed E-state index contributed by atoms with van der Waals surface area (Å²) in [5.74, 6) is -0.241. The number of hydrogen-bond donors (Lipinski definition) is 3. The molecular weight excluding hydrogens is 703 g/mol. The SMILES string of the molecule is CCCCCCCCNC(=O)c1ccc(OCCCCCCCC)c(C(=O)Nc2ccc(C(=O)NCC[N+](C)(CC)CC)cc2)c1.[I-]. The van der Waals surface area contributed by atoms with Gasteiger partial charge in [0.05, 0.1) is 45.4 Å². The van der Waals surface area contributed by atoms with Crippen LogP contribution in [0.3, 0.4) is 0 Å². The van der Waals surface area contributed by atoms with E-state index in [0.717, 1.165) is 49.8 Å². The lowest BCUT2D eigenvalue weighted by Gasteiger charge is -2.32. The average Bonchev–Trinajstić information content (AvgIpc) is 3.07.